The van der Waals surface area contributed by atoms with Crippen LogP contribution in [0, 0.1) is 17.2 Å². The highest BCUT2D eigenvalue weighted by Gasteiger charge is 2.44. The molecule has 17 heavy (non-hydrogen) atoms. The standard InChI is InChI=1S/C12H19N3O2/c1-5-9(8-13)10(16)15-7-6-14(4)11(17)12(15,2)3/h9H,5-7H2,1-4H3. The molecule has 0 aromatic rings. The SMILES string of the molecule is CCC(C#N)C(=O)N1CCN(C)C(=O)C1(C)C. The van der Waals surface area contributed by atoms with Crippen molar-refractivity contribution in [3.05, 3.63) is 0 Å². The number of hydrogen-bond donors (Lipinski definition) is 0. The van der Waals surface area contributed by atoms with Gasteiger partial charge in [0, 0.05) is 20.1 Å². The molecule has 2 amide bonds. The van der Waals surface area contributed by atoms with Gasteiger partial charge in [0.15, 0.2) is 0 Å². The lowest BCUT2D eigenvalue weighted by Gasteiger charge is -2.45. The van der Waals surface area contributed by atoms with Crippen molar-refractivity contribution in [3.63, 3.8) is 0 Å². The van der Waals surface area contributed by atoms with Gasteiger partial charge in [-0.2, -0.15) is 5.26 Å². The van der Waals surface area contributed by atoms with Gasteiger partial charge < -0.3 is 9.80 Å². The summed E-state index contributed by atoms with van der Waals surface area (Å²) in [6.07, 6.45) is 0.478. The molecule has 1 unspecified atom stereocenters. The van der Waals surface area contributed by atoms with Gasteiger partial charge in [-0.05, 0) is 20.3 Å². The Morgan fingerprint density at radius 3 is 2.59 bits per heavy atom. The molecule has 5 nitrogen and oxygen atoms in total. The minimum atomic E-state index is -0.853. The molecular formula is C12H19N3O2. The highest BCUT2D eigenvalue weighted by Crippen LogP contribution is 2.24. The molecular weight excluding hydrogens is 218 g/mol. The van der Waals surface area contributed by atoms with E-state index in [4.69, 9.17) is 5.26 Å². The van der Waals surface area contributed by atoms with Crippen LogP contribution in [0.3, 0.4) is 0 Å². The lowest BCUT2D eigenvalue weighted by molar-refractivity contribution is -0.158. The van der Waals surface area contributed by atoms with Crippen molar-refractivity contribution in [1.29, 1.82) is 5.26 Å². The second-order valence-electron chi connectivity index (χ2n) is 4.87. The molecule has 5 heteroatoms. The Morgan fingerprint density at radius 2 is 2.12 bits per heavy atom. The van der Waals surface area contributed by atoms with Crippen molar-refractivity contribution in [1.82, 2.24) is 9.80 Å². The van der Waals surface area contributed by atoms with E-state index in [0.717, 1.165) is 0 Å². The third kappa shape index (κ3) is 2.26. The van der Waals surface area contributed by atoms with Crippen molar-refractivity contribution in [3.8, 4) is 6.07 Å². The second kappa shape index (κ2) is 4.74. The smallest absolute Gasteiger partial charge is 0.247 e. The predicted octanol–water partition coefficient (Wildman–Crippen LogP) is 0.615. The van der Waals surface area contributed by atoms with E-state index >= 15 is 0 Å². The van der Waals surface area contributed by atoms with E-state index in [-0.39, 0.29) is 11.8 Å². The first-order chi connectivity index (χ1) is 7.86. The fourth-order valence-electron chi connectivity index (χ4n) is 2.11. The molecule has 1 saturated heterocycles. The zero-order valence-electron chi connectivity index (χ0n) is 10.9. The van der Waals surface area contributed by atoms with Gasteiger partial charge in [0.1, 0.15) is 11.5 Å². The Bertz CT molecular complexity index is 370. The third-order valence-electron chi connectivity index (χ3n) is 3.33. The maximum atomic E-state index is 12.2. The summed E-state index contributed by atoms with van der Waals surface area (Å²) in [6.45, 7) is 6.28. The molecule has 1 aliphatic rings. The zero-order valence-corrected chi connectivity index (χ0v) is 10.9. The number of nitrogens with zero attached hydrogens (tertiary/aromatic N) is 3. The van der Waals surface area contributed by atoms with E-state index in [1.807, 2.05) is 6.07 Å². The summed E-state index contributed by atoms with van der Waals surface area (Å²) in [5.41, 5.74) is -0.853. The Kier molecular flexibility index (Phi) is 3.76. The average Bonchev–Trinajstić information content (AvgIpc) is 2.27. The monoisotopic (exact) mass is 237 g/mol. The predicted molar refractivity (Wildman–Crippen MR) is 62.8 cm³/mol. The molecule has 1 rings (SSSR count). The lowest BCUT2D eigenvalue weighted by atomic mass is 9.95. The van der Waals surface area contributed by atoms with Crippen molar-refractivity contribution in [2.24, 2.45) is 5.92 Å². The van der Waals surface area contributed by atoms with Crippen LogP contribution in [0.25, 0.3) is 0 Å². The first-order valence-electron chi connectivity index (χ1n) is 5.83. The van der Waals surface area contributed by atoms with Gasteiger partial charge in [0.05, 0.1) is 6.07 Å². The summed E-state index contributed by atoms with van der Waals surface area (Å²) in [7, 11) is 1.73. The summed E-state index contributed by atoms with van der Waals surface area (Å²) in [4.78, 5) is 27.3. The highest BCUT2D eigenvalue weighted by molar-refractivity contribution is 5.93. The Labute approximate surface area is 102 Å². The van der Waals surface area contributed by atoms with Crippen LogP contribution in [0.4, 0.5) is 0 Å². The van der Waals surface area contributed by atoms with Crippen LogP contribution in [0.15, 0.2) is 0 Å². The zero-order chi connectivity index (χ0) is 13.2. The highest BCUT2D eigenvalue weighted by atomic mass is 16.2. The summed E-state index contributed by atoms with van der Waals surface area (Å²) in [5.74, 6) is -0.961. The second-order valence-corrected chi connectivity index (χ2v) is 4.87. The Hall–Kier alpha value is -1.57. The van der Waals surface area contributed by atoms with Gasteiger partial charge in [-0.15, -0.1) is 0 Å². The number of carbonyl (C=O) groups is 2. The fraction of sp³-hybridized carbons (Fsp3) is 0.750. The molecule has 1 heterocycles. The fourth-order valence-corrected chi connectivity index (χ4v) is 2.11. The number of amides is 2. The van der Waals surface area contributed by atoms with Crippen LogP contribution in [0.2, 0.25) is 0 Å². The molecule has 0 spiro atoms. The van der Waals surface area contributed by atoms with Gasteiger partial charge in [-0.1, -0.05) is 6.92 Å². The minimum absolute atomic E-state index is 0.0788. The number of likely N-dealkylation sites (N-methyl/N-ethyl adjacent to an activating group) is 1. The average molecular weight is 237 g/mol. The van der Waals surface area contributed by atoms with Crippen molar-refractivity contribution >= 4 is 11.8 Å². The van der Waals surface area contributed by atoms with Gasteiger partial charge in [0.25, 0.3) is 0 Å². The van der Waals surface area contributed by atoms with Gasteiger partial charge in [-0.25, -0.2) is 0 Å². The molecule has 0 radical (unpaired) electrons. The number of nitriles is 1. The summed E-state index contributed by atoms with van der Waals surface area (Å²) in [6, 6.07) is 2.00. The van der Waals surface area contributed by atoms with Crippen molar-refractivity contribution < 1.29 is 9.59 Å². The quantitative estimate of drug-likeness (QED) is 0.707. The van der Waals surface area contributed by atoms with E-state index in [1.165, 1.54) is 4.90 Å². The van der Waals surface area contributed by atoms with Crippen LogP contribution >= 0.6 is 0 Å². The normalized spacial score (nSPS) is 21.0. The van der Waals surface area contributed by atoms with Crippen molar-refractivity contribution in [2.45, 2.75) is 32.7 Å². The maximum Gasteiger partial charge on any atom is 0.247 e. The molecule has 0 aromatic heterocycles. The maximum absolute atomic E-state index is 12.2. The molecule has 0 saturated carbocycles. The molecule has 1 fully saturated rings. The minimum Gasteiger partial charge on any atom is -0.342 e. The Balaban J connectivity index is 2.96. The topological polar surface area (TPSA) is 64.4 Å². The van der Waals surface area contributed by atoms with E-state index in [0.29, 0.717) is 19.5 Å². The number of carbonyl (C=O) groups excluding carboxylic acids is 2. The molecule has 94 valence electrons. The van der Waals surface area contributed by atoms with E-state index in [2.05, 4.69) is 0 Å². The van der Waals surface area contributed by atoms with Gasteiger partial charge in [0.2, 0.25) is 11.8 Å². The molecule has 0 aromatic carbocycles. The van der Waals surface area contributed by atoms with E-state index < -0.39 is 11.5 Å². The molecule has 0 N–H and O–H groups in total. The third-order valence-corrected chi connectivity index (χ3v) is 3.33. The van der Waals surface area contributed by atoms with Crippen LogP contribution in [-0.2, 0) is 9.59 Å². The molecule has 0 aliphatic carbocycles. The molecule has 1 aliphatic heterocycles. The van der Waals surface area contributed by atoms with E-state index in [9.17, 15) is 9.59 Å². The number of piperazine rings is 1. The first kappa shape index (κ1) is 13.5. The van der Waals surface area contributed by atoms with Crippen LogP contribution < -0.4 is 0 Å². The van der Waals surface area contributed by atoms with Gasteiger partial charge >= 0.3 is 0 Å². The van der Waals surface area contributed by atoms with Crippen LogP contribution in [0.1, 0.15) is 27.2 Å². The van der Waals surface area contributed by atoms with Crippen LogP contribution in [0.5, 0.6) is 0 Å². The van der Waals surface area contributed by atoms with Crippen LogP contribution in [-0.4, -0.2) is 47.3 Å². The lowest BCUT2D eigenvalue weighted by Crippen LogP contribution is -2.64. The molecule has 1 atom stereocenters. The summed E-state index contributed by atoms with van der Waals surface area (Å²) < 4.78 is 0. The Morgan fingerprint density at radius 1 is 1.53 bits per heavy atom. The summed E-state index contributed by atoms with van der Waals surface area (Å²) in [5, 5.41) is 8.92. The van der Waals surface area contributed by atoms with Gasteiger partial charge in [-0.3, -0.25) is 9.59 Å². The summed E-state index contributed by atoms with van der Waals surface area (Å²) >= 11 is 0. The number of rotatable bonds is 2. The van der Waals surface area contributed by atoms with Crippen molar-refractivity contribution in [2.75, 3.05) is 20.1 Å². The van der Waals surface area contributed by atoms with E-state index in [1.54, 1.807) is 32.7 Å². The number of hydrogen-bond acceptors (Lipinski definition) is 3. The first-order valence-corrected chi connectivity index (χ1v) is 5.83. The largest absolute Gasteiger partial charge is 0.342 e. The molecule has 0 bridgehead atoms.